The maximum absolute atomic E-state index is 11.3. The molecule has 0 fully saturated rings. The van der Waals surface area contributed by atoms with E-state index in [4.69, 9.17) is 0 Å². The van der Waals surface area contributed by atoms with Gasteiger partial charge < -0.3 is 19.0 Å². The Labute approximate surface area is 85.4 Å². The smallest absolute Gasteiger partial charge is 0.412 e. The molecule has 88 valence electrons. The maximum Gasteiger partial charge on any atom is 0.653 e. The number of hydrogen-bond acceptors (Lipinski definition) is 7. The first-order valence-electron chi connectivity index (χ1n) is 3.46. The second-order valence-corrected chi connectivity index (χ2v) is 3.64. The Hall–Kier alpha value is -1.40. The van der Waals surface area contributed by atoms with Gasteiger partial charge in [0.2, 0.25) is 0 Å². The molecule has 0 heterocycles. The predicted octanol–water partition coefficient (Wildman–Crippen LogP) is -0.0409. The molecule has 0 unspecified atom stereocenters. The highest BCUT2D eigenvalue weighted by Crippen LogP contribution is 2.49. The average molecular weight is 242 g/mol. The topological polar surface area (TPSA) is 127 Å². The molecule has 0 atom stereocenters. The van der Waals surface area contributed by atoms with E-state index >= 15 is 0 Å². The molecule has 0 aromatic carbocycles. The van der Waals surface area contributed by atoms with Gasteiger partial charge in [0.05, 0.1) is 0 Å². The summed E-state index contributed by atoms with van der Waals surface area (Å²) < 4.78 is 23.6. The minimum absolute atomic E-state index is 0. The first-order chi connectivity index (χ1) is 6.25. The monoisotopic (exact) mass is 242 g/mol. The number of rotatable bonds is 3. The van der Waals surface area contributed by atoms with Crippen LogP contribution in [0.1, 0.15) is 20.8 Å². The molecule has 0 amide bonds. The maximum atomic E-state index is 11.3. The molecule has 9 heteroatoms. The predicted molar refractivity (Wildman–Crippen MR) is 46.5 cm³/mol. The highest BCUT2D eigenvalue weighted by molar-refractivity contribution is 7.50. The molecule has 0 saturated carbocycles. The molecule has 15 heavy (non-hydrogen) atoms. The fourth-order valence-corrected chi connectivity index (χ4v) is 1.58. The number of carbonyl (C=O) groups excluding carboxylic acids is 3. The SMILES string of the molecule is CC(=O)OP(=O)(OC(C)=O)OC(C)=O.O. The van der Waals surface area contributed by atoms with Gasteiger partial charge in [-0.3, -0.25) is 14.4 Å². The summed E-state index contributed by atoms with van der Waals surface area (Å²) in [6.45, 7) is 2.79. The van der Waals surface area contributed by atoms with Gasteiger partial charge in [-0.25, -0.2) is 0 Å². The summed E-state index contributed by atoms with van der Waals surface area (Å²) in [7, 11) is -4.44. The van der Waals surface area contributed by atoms with Crippen molar-refractivity contribution in [2.45, 2.75) is 20.8 Å². The second kappa shape index (κ2) is 6.15. The Morgan fingerprint density at radius 3 is 1.13 bits per heavy atom. The van der Waals surface area contributed by atoms with Gasteiger partial charge in [-0.15, -0.1) is 0 Å². The Kier molecular flexibility index (Phi) is 6.58. The van der Waals surface area contributed by atoms with Crippen LogP contribution in [0, 0.1) is 0 Å². The van der Waals surface area contributed by atoms with Gasteiger partial charge in [0.25, 0.3) is 0 Å². The molecule has 0 bridgehead atoms. The first kappa shape index (κ1) is 16.0. The van der Waals surface area contributed by atoms with Gasteiger partial charge in [-0.2, -0.15) is 4.57 Å². The van der Waals surface area contributed by atoms with Gasteiger partial charge in [-0.1, -0.05) is 0 Å². The van der Waals surface area contributed by atoms with Crippen LogP contribution in [0.25, 0.3) is 0 Å². The van der Waals surface area contributed by atoms with Crippen molar-refractivity contribution in [1.82, 2.24) is 0 Å². The molecule has 0 spiro atoms. The Bertz CT molecular complexity index is 261. The van der Waals surface area contributed by atoms with E-state index in [1.54, 1.807) is 0 Å². The molecule has 0 radical (unpaired) electrons. The van der Waals surface area contributed by atoms with Crippen LogP contribution in [0.15, 0.2) is 0 Å². The molecule has 2 N–H and O–H groups in total. The van der Waals surface area contributed by atoms with E-state index < -0.39 is 25.7 Å². The zero-order valence-corrected chi connectivity index (χ0v) is 9.20. The van der Waals surface area contributed by atoms with Crippen LogP contribution < -0.4 is 0 Å². The fourth-order valence-electron chi connectivity index (χ4n) is 0.528. The highest BCUT2D eigenvalue weighted by atomic mass is 31.2. The van der Waals surface area contributed by atoms with Crippen LogP contribution in [0.2, 0.25) is 0 Å². The third kappa shape index (κ3) is 7.65. The number of carbonyl (C=O) groups is 3. The normalized spacial score (nSPS) is 9.53. The molecule has 0 aromatic rings. The van der Waals surface area contributed by atoms with E-state index in [1.165, 1.54) is 0 Å². The minimum atomic E-state index is -4.44. The van der Waals surface area contributed by atoms with E-state index in [9.17, 15) is 18.9 Å². The van der Waals surface area contributed by atoms with E-state index in [2.05, 4.69) is 13.6 Å². The fraction of sp³-hybridized carbons (Fsp3) is 0.500. The third-order valence-corrected chi connectivity index (χ3v) is 2.16. The molecule has 0 saturated heterocycles. The lowest BCUT2D eigenvalue weighted by atomic mass is 10.9. The molecule has 0 aliphatic heterocycles. The van der Waals surface area contributed by atoms with Crippen molar-refractivity contribution in [2.24, 2.45) is 0 Å². The van der Waals surface area contributed by atoms with E-state index in [0.717, 1.165) is 20.8 Å². The minimum Gasteiger partial charge on any atom is -0.412 e. The quantitative estimate of drug-likeness (QED) is 0.635. The van der Waals surface area contributed by atoms with Crippen LogP contribution >= 0.6 is 7.82 Å². The van der Waals surface area contributed by atoms with Gasteiger partial charge >= 0.3 is 25.7 Å². The Balaban J connectivity index is 0. The first-order valence-corrected chi connectivity index (χ1v) is 4.92. The van der Waals surface area contributed by atoms with Gasteiger partial charge in [0.1, 0.15) is 0 Å². The Morgan fingerprint density at radius 1 is 0.800 bits per heavy atom. The van der Waals surface area contributed by atoms with Crippen molar-refractivity contribution in [3.05, 3.63) is 0 Å². The highest BCUT2D eigenvalue weighted by Gasteiger charge is 2.36. The van der Waals surface area contributed by atoms with E-state index in [1.807, 2.05) is 0 Å². The van der Waals surface area contributed by atoms with Crippen LogP contribution in [0.5, 0.6) is 0 Å². The van der Waals surface area contributed by atoms with Crippen molar-refractivity contribution in [3.63, 3.8) is 0 Å². The molecular weight excluding hydrogens is 231 g/mol. The van der Waals surface area contributed by atoms with Crippen molar-refractivity contribution in [2.75, 3.05) is 0 Å². The summed E-state index contributed by atoms with van der Waals surface area (Å²) in [5, 5.41) is 0. The largest absolute Gasteiger partial charge is 0.653 e. The molecule has 0 aliphatic rings. The molecule has 8 nitrogen and oxygen atoms in total. The summed E-state index contributed by atoms with van der Waals surface area (Å²) in [5.41, 5.74) is 0. The zero-order valence-electron chi connectivity index (χ0n) is 8.30. The zero-order chi connectivity index (χ0) is 11.4. The lowest BCUT2D eigenvalue weighted by Gasteiger charge is -2.12. The van der Waals surface area contributed by atoms with Gasteiger partial charge in [0, 0.05) is 20.8 Å². The standard InChI is InChI=1S/C6H9O7P.H2O/c1-4(7)11-14(10,12-5(2)8)13-6(3)9;/h1-3H3;1H2. The molecule has 0 aliphatic carbocycles. The van der Waals surface area contributed by atoms with Crippen LogP contribution in [0.3, 0.4) is 0 Å². The summed E-state index contributed by atoms with van der Waals surface area (Å²) in [6.07, 6.45) is 0. The van der Waals surface area contributed by atoms with Crippen LogP contribution in [0.4, 0.5) is 0 Å². The third-order valence-electron chi connectivity index (χ3n) is 0.721. The van der Waals surface area contributed by atoms with Crippen molar-refractivity contribution in [1.29, 1.82) is 0 Å². The lowest BCUT2D eigenvalue weighted by molar-refractivity contribution is -0.141. The van der Waals surface area contributed by atoms with Gasteiger partial charge in [0.15, 0.2) is 0 Å². The lowest BCUT2D eigenvalue weighted by Crippen LogP contribution is -2.09. The number of hydrogen-bond donors (Lipinski definition) is 0. The number of phosphoric acid groups is 1. The summed E-state index contributed by atoms with van der Waals surface area (Å²) in [5.74, 6) is -2.97. The molecular formula is C6H11O8P. The van der Waals surface area contributed by atoms with Crippen LogP contribution in [-0.4, -0.2) is 23.4 Å². The van der Waals surface area contributed by atoms with E-state index in [-0.39, 0.29) is 5.48 Å². The molecule has 0 rings (SSSR count). The van der Waals surface area contributed by atoms with Crippen molar-refractivity contribution in [3.8, 4) is 0 Å². The van der Waals surface area contributed by atoms with Crippen molar-refractivity contribution >= 4 is 25.7 Å². The summed E-state index contributed by atoms with van der Waals surface area (Å²) in [6, 6.07) is 0. The summed E-state index contributed by atoms with van der Waals surface area (Å²) in [4.78, 5) is 31.3. The van der Waals surface area contributed by atoms with Crippen molar-refractivity contribution < 1.29 is 38.0 Å². The van der Waals surface area contributed by atoms with Crippen LogP contribution in [-0.2, 0) is 32.5 Å². The van der Waals surface area contributed by atoms with Gasteiger partial charge in [-0.05, 0) is 0 Å². The second-order valence-electron chi connectivity index (χ2n) is 2.20. The summed E-state index contributed by atoms with van der Waals surface area (Å²) >= 11 is 0. The van der Waals surface area contributed by atoms with E-state index in [0.29, 0.717) is 0 Å². The molecule has 0 aromatic heterocycles. The average Bonchev–Trinajstić information content (AvgIpc) is 1.76. The number of phosphoric ester groups is 1. The Morgan fingerprint density at radius 2 is 1.00 bits per heavy atom.